The van der Waals surface area contributed by atoms with Crippen LogP contribution in [0.5, 0.6) is 0 Å². The molecule has 1 unspecified atom stereocenters. The van der Waals surface area contributed by atoms with E-state index >= 15 is 0 Å². The van der Waals surface area contributed by atoms with E-state index in [4.69, 9.17) is 0 Å². The Labute approximate surface area is 131 Å². The van der Waals surface area contributed by atoms with E-state index in [9.17, 15) is 4.79 Å². The van der Waals surface area contributed by atoms with Crippen LogP contribution in [0.2, 0.25) is 0 Å². The second-order valence-electron chi connectivity index (χ2n) is 6.63. The number of hydrogen-bond acceptors (Lipinski definition) is 2. The molecular formula is C18H36N2O. The van der Waals surface area contributed by atoms with Crippen LogP contribution in [0.3, 0.4) is 0 Å². The summed E-state index contributed by atoms with van der Waals surface area (Å²) in [6.07, 6.45) is 13.8. The molecule has 124 valence electrons. The van der Waals surface area contributed by atoms with Gasteiger partial charge in [0.15, 0.2) is 0 Å². The van der Waals surface area contributed by atoms with Gasteiger partial charge in [0.1, 0.15) is 0 Å². The molecule has 0 aromatic heterocycles. The van der Waals surface area contributed by atoms with Crippen molar-refractivity contribution >= 4 is 5.91 Å². The Morgan fingerprint density at radius 1 is 1.05 bits per heavy atom. The molecule has 1 aliphatic rings. The molecule has 0 aromatic rings. The van der Waals surface area contributed by atoms with E-state index in [-0.39, 0.29) is 0 Å². The molecule has 3 nitrogen and oxygen atoms in total. The van der Waals surface area contributed by atoms with E-state index in [1.54, 1.807) is 0 Å². The molecule has 1 amide bonds. The number of hydrogen-bond donors (Lipinski definition) is 1. The van der Waals surface area contributed by atoms with Gasteiger partial charge in [0, 0.05) is 19.5 Å². The van der Waals surface area contributed by atoms with Gasteiger partial charge in [0.2, 0.25) is 5.91 Å². The molecule has 1 atom stereocenters. The van der Waals surface area contributed by atoms with Crippen molar-refractivity contribution in [2.45, 2.75) is 77.6 Å². The van der Waals surface area contributed by atoms with Crippen molar-refractivity contribution in [3.63, 3.8) is 0 Å². The third-order valence-electron chi connectivity index (χ3n) is 4.63. The number of carbonyl (C=O) groups is 1. The summed E-state index contributed by atoms with van der Waals surface area (Å²) in [4.78, 5) is 14.2. The quantitative estimate of drug-likeness (QED) is 0.553. The first kappa shape index (κ1) is 18.5. The second-order valence-corrected chi connectivity index (χ2v) is 6.63. The van der Waals surface area contributed by atoms with Crippen molar-refractivity contribution in [3.8, 4) is 0 Å². The summed E-state index contributed by atoms with van der Waals surface area (Å²) in [5.41, 5.74) is 0. The van der Waals surface area contributed by atoms with Crippen LogP contribution in [-0.2, 0) is 4.79 Å². The fourth-order valence-corrected chi connectivity index (χ4v) is 3.26. The molecule has 1 rings (SSSR count). The molecule has 3 heteroatoms. The minimum absolute atomic E-state index is 0.386. The molecule has 1 heterocycles. The number of nitrogens with one attached hydrogen (secondary N) is 1. The van der Waals surface area contributed by atoms with E-state index in [0.29, 0.717) is 11.8 Å². The van der Waals surface area contributed by atoms with Gasteiger partial charge in [-0.15, -0.1) is 0 Å². The standard InChI is InChI=1S/C18H36N2O/c1-3-4-5-6-7-8-9-10-11-12-18(21)20-14-13-17(16-20)15-19-2/h17,19H,3-16H2,1-2H3. The third-order valence-corrected chi connectivity index (χ3v) is 4.63. The fourth-order valence-electron chi connectivity index (χ4n) is 3.26. The van der Waals surface area contributed by atoms with E-state index < -0.39 is 0 Å². The molecule has 1 saturated heterocycles. The maximum absolute atomic E-state index is 12.1. The van der Waals surface area contributed by atoms with E-state index in [1.807, 2.05) is 7.05 Å². The number of nitrogens with zero attached hydrogens (tertiary/aromatic N) is 1. The molecule has 1 fully saturated rings. The van der Waals surface area contributed by atoms with Gasteiger partial charge < -0.3 is 10.2 Å². The van der Waals surface area contributed by atoms with Gasteiger partial charge in [-0.25, -0.2) is 0 Å². The predicted octanol–water partition coefficient (Wildman–Crippen LogP) is 3.98. The highest BCUT2D eigenvalue weighted by Gasteiger charge is 2.24. The van der Waals surface area contributed by atoms with Gasteiger partial charge in [0.25, 0.3) is 0 Å². The van der Waals surface area contributed by atoms with Crippen LogP contribution >= 0.6 is 0 Å². The Bertz CT molecular complexity index is 268. The number of likely N-dealkylation sites (tertiary alicyclic amines) is 1. The highest BCUT2D eigenvalue weighted by molar-refractivity contribution is 5.76. The lowest BCUT2D eigenvalue weighted by Crippen LogP contribution is -2.30. The Morgan fingerprint density at radius 2 is 1.67 bits per heavy atom. The van der Waals surface area contributed by atoms with Crippen molar-refractivity contribution in [3.05, 3.63) is 0 Å². The van der Waals surface area contributed by atoms with E-state index in [0.717, 1.165) is 32.5 Å². The average molecular weight is 296 g/mol. The first-order valence-corrected chi connectivity index (χ1v) is 9.20. The topological polar surface area (TPSA) is 32.3 Å². The first-order valence-electron chi connectivity index (χ1n) is 9.20. The molecular weight excluding hydrogens is 260 g/mol. The van der Waals surface area contributed by atoms with E-state index in [2.05, 4.69) is 17.1 Å². The molecule has 0 radical (unpaired) electrons. The van der Waals surface area contributed by atoms with E-state index in [1.165, 1.54) is 57.8 Å². The van der Waals surface area contributed by atoms with Gasteiger partial charge in [0.05, 0.1) is 0 Å². The monoisotopic (exact) mass is 296 g/mol. The van der Waals surface area contributed by atoms with Gasteiger partial charge >= 0.3 is 0 Å². The van der Waals surface area contributed by atoms with Crippen molar-refractivity contribution < 1.29 is 4.79 Å². The van der Waals surface area contributed by atoms with Crippen LogP contribution in [-0.4, -0.2) is 37.5 Å². The highest BCUT2D eigenvalue weighted by atomic mass is 16.2. The van der Waals surface area contributed by atoms with Gasteiger partial charge in [-0.3, -0.25) is 4.79 Å². The summed E-state index contributed by atoms with van der Waals surface area (Å²) < 4.78 is 0. The van der Waals surface area contributed by atoms with Crippen LogP contribution < -0.4 is 5.32 Å². The van der Waals surface area contributed by atoms with Gasteiger partial charge in [-0.1, -0.05) is 58.3 Å². The van der Waals surface area contributed by atoms with Crippen LogP contribution in [0, 0.1) is 5.92 Å². The number of carbonyl (C=O) groups excluding carboxylic acids is 1. The zero-order valence-electron chi connectivity index (χ0n) is 14.3. The predicted molar refractivity (Wildman–Crippen MR) is 90.5 cm³/mol. The molecule has 0 aromatic carbocycles. The molecule has 0 saturated carbocycles. The Kier molecular flexibility index (Phi) is 10.6. The van der Waals surface area contributed by atoms with Crippen molar-refractivity contribution in [1.82, 2.24) is 10.2 Å². The molecule has 0 bridgehead atoms. The minimum Gasteiger partial charge on any atom is -0.342 e. The summed E-state index contributed by atoms with van der Waals surface area (Å²) in [6.45, 7) is 5.25. The normalized spacial score (nSPS) is 18.4. The summed E-state index contributed by atoms with van der Waals surface area (Å²) in [5.74, 6) is 1.05. The number of amides is 1. The SMILES string of the molecule is CCCCCCCCCCCC(=O)N1CCC(CNC)C1. The molecule has 1 aliphatic heterocycles. The first-order chi connectivity index (χ1) is 10.3. The summed E-state index contributed by atoms with van der Waals surface area (Å²) >= 11 is 0. The molecule has 21 heavy (non-hydrogen) atoms. The van der Waals surface area contributed by atoms with Crippen molar-refractivity contribution in [1.29, 1.82) is 0 Å². The van der Waals surface area contributed by atoms with Crippen LogP contribution in [0.4, 0.5) is 0 Å². The average Bonchev–Trinajstić information content (AvgIpc) is 2.94. The minimum atomic E-state index is 0.386. The largest absolute Gasteiger partial charge is 0.342 e. The van der Waals surface area contributed by atoms with Crippen LogP contribution in [0.25, 0.3) is 0 Å². The third kappa shape index (κ3) is 8.45. The van der Waals surface area contributed by atoms with Gasteiger partial charge in [-0.2, -0.15) is 0 Å². The van der Waals surface area contributed by atoms with Crippen molar-refractivity contribution in [2.24, 2.45) is 5.92 Å². The number of rotatable bonds is 12. The maximum atomic E-state index is 12.1. The summed E-state index contributed by atoms with van der Waals surface area (Å²) in [5, 5.41) is 3.22. The fraction of sp³-hybridized carbons (Fsp3) is 0.944. The van der Waals surface area contributed by atoms with Gasteiger partial charge in [-0.05, 0) is 32.4 Å². The lowest BCUT2D eigenvalue weighted by atomic mass is 10.1. The smallest absolute Gasteiger partial charge is 0.222 e. The second kappa shape index (κ2) is 12.0. The molecule has 0 spiro atoms. The lowest BCUT2D eigenvalue weighted by Gasteiger charge is -2.16. The van der Waals surface area contributed by atoms with Crippen LogP contribution in [0.1, 0.15) is 77.6 Å². The number of unbranched alkanes of at least 4 members (excludes halogenated alkanes) is 8. The molecule has 0 aliphatic carbocycles. The van der Waals surface area contributed by atoms with Crippen LogP contribution in [0.15, 0.2) is 0 Å². The van der Waals surface area contributed by atoms with Crippen molar-refractivity contribution in [2.75, 3.05) is 26.7 Å². The summed E-state index contributed by atoms with van der Waals surface area (Å²) in [7, 11) is 1.99. The Hall–Kier alpha value is -0.570. The Balaban J connectivity index is 1.92. The zero-order chi connectivity index (χ0) is 15.3. The highest BCUT2D eigenvalue weighted by Crippen LogP contribution is 2.17. The maximum Gasteiger partial charge on any atom is 0.222 e. The molecule has 1 N–H and O–H groups in total. The Morgan fingerprint density at radius 3 is 2.29 bits per heavy atom. The lowest BCUT2D eigenvalue weighted by molar-refractivity contribution is -0.130. The summed E-state index contributed by atoms with van der Waals surface area (Å²) in [6, 6.07) is 0. The zero-order valence-corrected chi connectivity index (χ0v) is 14.3.